The standard InChI is InChI=1S/C19H22FN3OS/c1-3-23-13-14(24-18-11-7-6-10-17(18)23)12-22(2)19(25)21-16-9-5-4-8-15(16)20/h4-11,14H,3,12-13H2,1-2H3,(H,21,25)/t14-/m0/s1. The van der Waals surface area contributed by atoms with Gasteiger partial charge in [0, 0.05) is 13.6 Å². The maximum atomic E-state index is 13.8. The van der Waals surface area contributed by atoms with Gasteiger partial charge in [0.05, 0.1) is 24.5 Å². The molecule has 1 aliphatic rings. The molecule has 0 aromatic heterocycles. The first-order chi connectivity index (χ1) is 12.1. The molecule has 0 radical (unpaired) electrons. The van der Waals surface area contributed by atoms with E-state index in [-0.39, 0.29) is 11.9 Å². The number of nitrogens with one attached hydrogen (secondary N) is 1. The molecule has 0 unspecified atom stereocenters. The summed E-state index contributed by atoms with van der Waals surface area (Å²) >= 11 is 5.40. The lowest BCUT2D eigenvalue weighted by Crippen LogP contribution is -2.47. The van der Waals surface area contributed by atoms with Gasteiger partial charge in [-0.15, -0.1) is 0 Å². The molecule has 132 valence electrons. The summed E-state index contributed by atoms with van der Waals surface area (Å²) in [6, 6.07) is 14.6. The van der Waals surface area contributed by atoms with Crippen LogP contribution in [0.15, 0.2) is 48.5 Å². The average molecular weight is 359 g/mol. The molecule has 1 N–H and O–H groups in total. The lowest BCUT2D eigenvalue weighted by molar-refractivity contribution is 0.169. The molecule has 0 aliphatic carbocycles. The van der Waals surface area contributed by atoms with Crippen LogP contribution in [-0.2, 0) is 0 Å². The van der Waals surface area contributed by atoms with Crippen LogP contribution in [0, 0.1) is 5.82 Å². The Bertz CT molecular complexity index is 755. The summed E-state index contributed by atoms with van der Waals surface area (Å²) in [5.41, 5.74) is 1.50. The summed E-state index contributed by atoms with van der Waals surface area (Å²) < 4.78 is 19.9. The molecule has 0 amide bonds. The molecule has 0 bridgehead atoms. The van der Waals surface area contributed by atoms with E-state index in [0.717, 1.165) is 24.5 Å². The topological polar surface area (TPSA) is 27.7 Å². The van der Waals surface area contributed by atoms with E-state index in [1.807, 2.05) is 30.1 Å². The van der Waals surface area contributed by atoms with Crippen molar-refractivity contribution in [2.45, 2.75) is 13.0 Å². The highest BCUT2D eigenvalue weighted by atomic mass is 32.1. The fraction of sp³-hybridized carbons (Fsp3) is 0.316. The third-order valence-corrected chi connectivity index (χ3v) is 4.66. The lowest BCUT2D eigenvalue weighted by Gasteiger charge is -2.37. The minimum absolute atomic E-state index is 0.0137. The van der Waals surface area contributed by atoms with Gasteiger partial charge in [-0.1, -0.05) is 24.3 Å². The molecule has 6 heteroatoms. The van der Waals surface area contributed by atoms with Gasteiger partial charge < -0.3 is 19.9 Å². The predicted octanol–water partition coefficient (Wildman–Crippen LogP) is 3.74. The molecule has 2 aromatic carbocycles. The van der Waals surface area contributed by atoms with Crippen LogP contribution in [0.3, 0.4) is 0 Å². The molecule has 0 fully saturated rings. The van der Waals surface area contributed by atoms with E-state index in [4.69, 9.17) is 17.0 Å². The third kappa shape index (κ3) is 4.02. The first kappa shape index (κ1) is 17.5. The van der Waals surface area contributed by atoms with Crippen molar-refractivity contribution >= 4 is 28.7 Å². The van der Waals surface area contributed by atoms with Crippen LogP contribution in [0.5, 0.6) is 5.75 Å². The Hall–Kier alpha value is -2.34. The number of rotatable bonds is 4. The van der Waals surface area contributed by atoms with Gasteiger partial charge in [-0.2, -0.15) is 0 Å². The number of hydrogen-bond donors (Lipinski definition) is 1. The Labute approximate surface area is 153 Å². The number of fused-ring (bicyclic) bond motifs is 1. The van der Waals surface area contributed by atoms with E-state index >= 15 is 0 Å². The lowest BCUT2D eigenvalue weighted by atomic mass is 10.2. The first-order valence-corrected chi connectivity index (χ1v) is 8.76. The quantitative estimate of drug-likeness (QED) is 0.840. The molecular formula is C19H22FN3OS. The maximum Gasteiger partial charge on any atom is 0.173 e. The van der Waals surface area contributed by atoms with Crippen molar-refractivity contribution in [3.63, 3.8) is 0 Å². The second-order valence-corrected chi connectivity index (χ2v) is 6.42. The Morgan fingerprint density at radius 3 is 2.76 bits per heavy atom. The van der Waals surface area contributed by atoms with Crippen LogP contribution in [0.1, 0.15) is 6.92 Å². The molecule has 0 saturated carbocycles. The zero-order valence-corrected chi connectivity index (χ0v) is 15.2. The van der Waals surface area contributed by atoms with Crippen molar-refractivity contribution < 1.29 is 9.13 Å². The van der Waals surface area contributed by atoms with E-state index in [1.54, 1.807) is 18.2 Å². The zero-order chi connectivity index (χ0) is 17.8. The largest absolute Gasteiger partial charge is 0.485 e. The van der Waals surface area contributed by atoms with Gasteiger partial charge in [0.1, 0.15) is 17.7 Å². The van der Waals surface area contributed by atoms with Crippen molar-refractivity contribution in [3.05, 3.63) is 54.3 Å². The van der Waals surface area contributed by atoms with Crippen LogP contribution in [0.25, 0.3) is 0 Å². The zero-order valence-electron chi connectivity index (χ0n) is 14.4. The molecule has 4 nitrogen and oxygen atoms in total. The van der Waals surface area contributed by atoms with Gasteiger partial charge in [0.25, 0.3) is 0 Å². The van der Waals surface area contributed by atoms with Crippen LogP contribution < -0.4 is 15.0 Å². The monoisotopic (exact) mass is 359 g/mol. The summed E-state index contributed by atoms with van der Waals surface area (Å²) in [5, 5.41) is 3.43. The molecule has 0 spiro atoms. The van der Waals surface area contributed by atoms with Gasteiger partial charge in [-0.3, -0.25) is 0 Å². The highest BCUT2D eigenvalue weighted by Crippen LogP contribution is 2.32. The molecule has 25 heavy (non-hydrogen) atoms. The summed E-state index contributed by atoms with van der Waals surface area (Å²) in [6.45, 7) is 4.46. The highest BCUT2D eigenvalue weighted by Gasteiger charge is 2.26. The highest BCUT2D eigenvalue weighted by molar-refractivity contribution is 7.80. The number of benzene rings is 2. The van der Waals surface area contributed by atoms with Gasteiger partial charge in [-0.05, 0) is 43.4 Å². The van der Waals surface area contributed by atoms with Gasteiger partial charge in [0.15, 0.2) is 5.11 Å². The molecule has 3 rings (SSSR count). The van der Waals surface area contributed by atoms with Gasteiger partial charge >= 0.3 is 0 Å². The van der Waals surface area contributed by atoms with Gasteiger partial charge in [0.2, 0.25) is 0 Å². The molecule has 2 aromatic rings. The normalized spacial score (nSPS) is 16.0. The fourth-order valence-electron chi connectivity index (χ4n) is 2.94. The second-order valence-electron chi connectivity index (χ2n) is 6.04. The number of halogens is 1. The van der Waals surface area contributed by atoms with Crippen molar-refractivity contribution in [1.82, 2.24) is 4.90 Å². The van der Waals surface area contributed by atoms with Crippen molar-refractivity contribution in [2.24, 2.45) is 0 Å². The summed E-state index contributed by atoms with van der Waals surface area (Å²) in [7, 11) is 1.89. The number of hydrogen-bond acceptors (Lipinski definition) is 3. The van der Waals surface area contributed by atoms with Crippen LogP contribution in [0.2, 0.25) is 0 Å². The number of ether oxygens (including phenoxy) is 1. The maximum absolute atomic E-state index is 13.8. The van der Waals surface area contributed by atoms with Crippen molar-refractivity contribution in [3.8, 4) is 5.75 Å². The minimum atomic E-state index is -0.321. The number of thiocarbonyl (C=S) groups is 1. The number of para-hydroxylation sites is 3. The molecular weight excluding hydrogens is 337 g/mol. The third-order valence-electron chi connectivity index (χ3n) is 4.24. The van der Waals surface area contributed by atoms with E-state index < -0.39 is 0 Å². The van der Waals surface area contributed by atoms with Crippen LogP contribution >= 0.6 is 12.2 Å². The summed E-state index contributed by atoms with van der Waals surface area (Å²) in [6.07, 6.45) is -0.0137. The molecule has 1 atom stereocenters. The molecule has 1 aliphatic heterocycles. The predicted molar refractivity (Wildman–Crippen MR) is 104 cm³/mol. The van der Waals surface area contributed by atoms with Crippen molar-refractivity contribution in [1.29, 1.82) is 0 Å². The summed E-state index contributed by atoms with van der Waals surface area (Å²) in [5.74, 6) is 0.570. The Balaban J connectivity index is 1.64. The molecule has 1 heterocycles. The SMILES string of the molecule is CCN1C[C@H](CN(C)C(=S)Nc2ccccc2F)Oc2ccccc21. The second kappa shape index (κ2) is 7.70. The van der Waals surface area contributed by atoms with E-state index in [2.05, 4.69) is 23.2 Å². The van der Waals surface area contributed by atoms with Gasteiger partial charge in [-0.25, -0.2) is 4.39 Å². The summed E-state index contributed by atoms with van der Waals surface area (Å²) in [4.78, 5) is 4.18. The Kier molecular flexibility index (Phi) is 5.38. The van der Waals surface area contributed by atoms with E-state index in [9.17, 15) is 4.39 Å². The van der Waals surface area contributed by atoms with Crippen molar-refractivity contribution in [2.75, 3.05) is 36.9 Å². The van der Waals surface area contributed by atoms with E-state index in [1.165, 1.54) is 6.07 Å². The minimum Gasteiger partial charge on any atom is -0.485 e. The number of anilines is 2. The number of nitrogens with zero attached hydrogens (tertiary/aromatic N) is 2. The smallest absolute Gasteiger partial charge is 0.173 e. The Morgan fingerprint density at radius 2 is 2.00 bits per heavy atom. The fourth-order valence-corrected chi connectivity index (χ4v) is 3.12. The molecule has 0 saturated heterocycles. The Morgan fingerprint density at radius 1 is 1.28 bits per heavy atom. The number of likely N-dealkylation sites (N-methyl/N-ethyl adjacent to an activating group) is 2. The van der Waals surface area contributed by atoms with Crippen LogP contribution in [-0.4, -0.2) is 42.8 Å². The average Bonchev–Trinajstić information content (AvgIpc) is 2.62. The van der Waals surface area contributed by atoms with Crippen LogP contribution in [0.4, 0.5) is 15.8 Å². The van der Waals surface area contributed by atoms with E-state index in [0.29, 0.717) is 17.3 Å². The first-order valence-electron chi connectivity index (χ1n) is 8.35.